The Labute approximate surface area is 130 Å². The Morgan fingerprint density at radius 3 is 3.10 bits per heavy atom. The fraction of sp³-hybridized carbons (Fsp3) is 0.353. The number of aromatic nitrogens is 1. The van der Waals surface area contributed by atoms with Gasteiger partial charge in [0, 0.05) is 18.8 Å². The molecule has 1 atom stereocenters. The predicted molar refractivity (Wildman–Crippen MR) is 84.8 cm³/mol. The Bertz CT molecular complexity index is 630. The van der Waals surface area contributed by atoms with Gasteiger partial charge in [0.25, 0.3) is 0 Å². The summed E-state index contributed by atoms with van der Waals surface area (Å²) in [4.78, 5) is 4.31. The minimum absolute atomic E-state index is 0.0889. The van der Waals surface area contributed by atoms with Crippen molar-refractivity contribution in [2.45, 2.75) is 31.9 Å². The number of ether oxygens (including phenoxy) is 1. The van der Waals surface area contributed by atoms with Crippen LogP contribution in [0.3, 0.4) is 0 Å². The molecule has 1 aliphatic carbocycles. The number of nitrogens with one attached hydrogen (secondary N) is 1. The van der Waals surface area contributed by atoms with Crippen molar-refractivity contribution in [3.63, 3.8) is 0 Å². The Kier molecular flexibility index (Phi) is 4.42. The van der Waals surface area contributed by atoms with Crippen LogP contribution in [0, 0.1) is 0 Å². The van der Waals surface area contributed by atoms with Gasteiger partial charge in [-0.2, -0.15) is 0 Å². The lowest BCUT2D eigenvalue weighted by atomic mass is 9.89. The first kappa shape index (κ1) is 14.4. The molecular formula is C17H19ClN2O. The van der Waals surface area contributed by atoms with Gasteiger partial charge >= 0.3 is 0 Å². The quantitative estimate of drug-likeness (QED) is 0.930. The van der Waals surface area contributed by atoms with E-state index in [2.05, 4.69) is 34.6 Å². The molecule has 4 heteroatoms. The maximum absolute atomic E-state index is 6.14. The molecule has 0 amide bonds. The molecule has 2 aromatic rings. The molecule has 21 heavy (non-hydrogen) atoms. The summed E-state index contributed by atoms with van der Waals surface area (Å²) < 4.78 is 6.13. The van der Waals surface area contributed by atoms with Gasteiger partial charge < -0.3 is 10.1 Å². The van der Waals surface area contributed by atoms with Crippen molar-refractivity contribution in [2.24, 2.45) is 0 Å². The van der Waals surface area contributed by atoms with E-state index in [-0.39, 0.29) is 6.10 Å². The van der Waals surface area contributed by atoms with E-state index in [9.17, 15) is 0 Å². The Hall–Kier alpha value is -1.58. The highest BCUT2D eigenvalue weighted by molar-refractivity contribution is 6.31. The molecular weight excluding hydrogens is 284 g/mol. The summed E-state index contributed by atoms with van der Waals surface area (Å²) in [5, 5.41) is 3.77. The molecule has 0 saturated carbocycles. The van der Waals surface area contributed by atoms with Crippen LogP contribution in [0.2, 0.25) is 5.02 Å². The normalized spacial score (nSPS) is 17.3. The van der Waals surface area contributed by atoms with Gasteiger partial charge in [-0.15, -0.1) is 0 Å². The number of nitrogens with zero attached hydrogens (tertiary/aromatic N) is 1. The third-order valence-electron chi connectivity index (χ3n) is 3.85. The van der Waals surface area contributed by atoms with Crippen LogP contribution in [-0.2, 0) is 13.0 Å². The second kappa shape index (κ2) is 6.46. The molecule has 1 aromatic heterocycles. The maximum Gasteiger partial charge on any atom is 0.214 e. The Balaban J connectivity index is 1.83. The van der Waals surface area contributed by atoms with E-state index < -0.39 is 0 Å². The molecule has 3 nitrogen and oxygen atoms in total. The van der Waals surface area contributed by atoms with Gasteiger partial charge in [0.05, 0.1) is 5.02 Å². The van der Waals surface area contributed by atoms with E-state index in [1.807, 2.05) is 13.1 Å². The lowest BCUT2D eigenvalue weighted by Crippen LogP contribution is -2.16. The molecule has 110 valence electrons. The van der Waals surface area contributed by atoms with Crippen molar-refractivity contribution in [3.05, 3.63) is 58.2 Å². The number of rotatable bonds is 4. The summed E-state index contributed by atoms with van der Waals surface area (Å²) >= 11 is 6.14. The van der Waals surface area contributed by atoms with E-state index in [1.54, 1.807) is 6.20 Å². The molecule has 1 aromatic carbocycles. The number of halogens is 1. The molecule has 0 bridgehead atoms. The van der Waals surface area contributed by atoms with Crippen LogP contribution in [0.1, 0.15) is 35.6 Å². The standard InChI is InChI=1S/C17H19ClN2O/c1-19-10-13-9-17(20-11-15(13)18)21-16-8-4-6-12-5-2-3-7-14(12)16/h2-3,5,7,9,11,16,19H,4,6,8,10H2,1H3. The number of pyridine rings is 1. The van der Waals surface area contributed by atoms with E-state index in [1.165, 1.54) is 11.1 Å². The third-order valence-corrected chi connectivity index (χ3v) is 4.19. The van der Waals surface area contributed by atoms with E-state index in [4.69, 9.17) is 16.3 Å². The molecule has 0 fully saturated rings. The monoisotopic (exact) mass is 302 g/mol. The fourth-order valence-electron chi connectivity index (χ4n) is 2.83. The molecule has 0 saturated heterocycles. The zero-order valence-electron chi connectivity index (χ0n) is 12.1. The predicted octanol–water partition coefficient (Wildman–Crippen LogP) is 3.91. The second-order valence-corrected chi connectivity index (χ2v) is 5.75. The van der Waals surface area contributed by atoms with Crippen molar-refractivity contribution >= 4 is 11.6 Å². The minimum Gasteiger partial charge on any atom is -0.469 e. The Morgan fingerprint density at radius 2 is 2.24 bits per heavy atom. The highest BCUT2D eigenvalue weighted by atomic mass is 35.5. The van der Waals surface area contributed by atoms with Gasteiger partial charge in [-0.1, -0.05) is 35.9 Å². The van der Waals surface area contributed by atoms with Crippen LogP contribution in [0.5, 0.6) is 5.88 Å². The first-order valence-electron chi connectivity index (χ1n) is 7.31. The fourth-order valence-corrected chi connectivity index (χ4v) is 3.00. The van der Waals surface area contributed by atoms with Gasteiger partial charge in [-0.05, 0) is 43.0 Å². The van der Waals surface area contributed by atoms with Crippen molar-refractivity contribution in [1.82, 2.24) is 10.3 Å². The van der Waals surface area contributed by atoms with Gasteiger partial charge in [0.15, 0.2) is 0 Å². The van der Waals surface area contributed by atoms with Gasteiger partial charge in [-0.25, -0.2) is 4.98 Å². The van der Waals surface area contributed by atoms with Crippen LogP contribution in [0.25, 0.3) is 0 Å². The molecule has 0 aliphatic heterocycles. The van der Waals surface area contributed by atoms with Crippen LogP contribution in [0.15, 0.2) is 36.5 Å². The zero-order valence-corrected chi connectivity index (χ0v) is 12.9. The molecule has 0 spiro atoms. The summed E-state index contributed by atoms with van der Waals surface area (Å²) in [6.45, 7) is 0.707. The smallest absolute Gasteiger partial charge is 0.214 e. The molecule has 0 radical (unpaired) electrons. The lowest BCUT2D eigenvalue weighted by Gasteiger charge is -2.26. The molecule has 3 rings (SSSR count). The Morgan fingerprint density at radius 1 is 1.38 bits per heavy atom. The summed E-state index contributed by atoms with van der Waals surface area (Å²) in [5.74, 6) is 0.645. The van der Waals surface area contributed by atoms with Gasteiger partial charge in [-0.3, -0.25) is 0 Å². The zero-order chi connectivity index (χ0) is 14.7. The number of benzene rings is 1. The number of hydrogen-bond acceptors (Lipinski definition) is 3. The highest BCUT2D eigenvalue weighted by Gasteiger charge is 2.21. The van der Waals surface area contributed by atoms with Crippen LogP contribution in [0.4, 0.5) is 0 Å². The lowest BCUT2D eigenvalue weighted by molar-refractivity contribution is 0.175. The van der Waals surface area contributed by atoms with Gasteiger partial charge in [0.1, 0.15) is 6.10 Å². The topological polar surface area (TPSA) is 34.1 Å². The minimum atomic E-state index is 0.0889. The first-order chi connectivity index (χ1) is 10.3. The largest absolute Gasteiger partial charge is 0.469 e. The van der Waals surface area contributed by atoms with Crippen LogP contribution >= 0.6 is 11.6 Å². The van der Waals surface area contributed by atoms with E-state index in [0.29, 0.717) is 17.4 Å². The van der Waals surface area contributed by atoms with Crippen LogP contribution in [-0.4, -0.2) is 12.0 Å². The SMILES string of the molecule is CNCc1cc(OC2CCCc3ccccc32)ncc1Cl. The molecule has 1 unspecified atom stereocenters. The summed E-state index contributed by atoms with van der Waals surface area (Å²) in [7, 11) is 1.90. The molecule has 1 N–H and O–H groups in total. The van der Waals surface area contributed by atoms with Gasteiger partial charge in [0.2, 0.25) is 5.88 Å². The average molecular weight is 303 g/mol. The molecule has 1 heterocycles. The van der Waals surface area contributed by atoms with E-state index >= 15 is 0 Å². The second-order valence-electron chi connectivity index (χ2n) is 5.34. The average Bonchev–Trinajstić information content (AvgIpc) is 2.51. The summed E-state index contributed by atoms with van der Waals surface area (Å²) in [6.07, 6.45) is 5.07. The molecule has 1 aliphatic rings. The maximum atomic E-state index is 6.14. The first-order valence-corrected chi connectivity index (χ1v) is 7.69. The van der Waals surface area contributed by atoms with Crippen molar-refractivity contribution in [3.8, 4) is 5.88 Å². The number of aryl methyl sites for hydroxylation is 1. The summed E-state index contributed by atoms with van der Waals surface area (Å²) in [5.41, 5.74) is 3.68. The summed E-state index contributed by atoms with van der Waals surface area (Å²) in [6, 6.07) is 10.4. The highest BCUT2D eigenvalue weighted by Crippen LogP contribution is 2.33. The van der Waals surface area contributed by atoms with Crippen molar-refractivity contribution in [1.29, 1.82) is 0 Å². The number of hydrogen-bond donors (Lipinski definition) is 1. The van der Waals surface area contributed by atoms with E-state index in [0.717, 1.165) is 24.8 Å². The van der Waals surface area contributed by atoms with Crippen LogP contribution < -0.4 is 10.1 Å². The van der Waals surface area contributed by atoms with Crippen molar-refractivity contribution in [2.75, 3.05) is 7.05 Å². The van der Waals surface area contributed by atoms with Crippen molar-refractivity contribution < 1.29 is 4.74 Å². The third kappa shape index (κ3) is 3.20. The number of fused-ring (bicyclic) bond motifs is 1.